The van der Waals surface area contributed by atoms with Gasteiger partial charge in [-0.2, -0.15) is 0 Å². The summed E-state index contributed by atoms with van der Waals surface area (Å²) in [5.41, 5.74) is -5.32. The summed E-state index contributed by atoms with van der Waals surface area (Å²) in [5.74, 6) is -2.72. The molecule has 0 heterocycles. The van der Waals surface area contributed by atoms with E-state index in [1.165, 1.54) is 0 Å². The van der Waals surface area contributed by atoms with Crippen molar-refractivity contribution in [3.63, 3.8) is 0 Å². The lowest BCUT2D eigenvalue weighted by Crippen LogP contribution is -2.29. The van der Waals surface area contributed by atoms with Crippen molar-refractivity contribution in [3.8, 4) is 5.75 Å². The largest absolute Gasteiger partial charge is 0.456 e. The molecule has 0 atom stereocenters. The van der Waals surface area contributed by atoms with Gasteiger partial charge in [0, 0.05) is 17.7 Å². The first-order valence-corrected chi connectivity index (χ1v) is 8.15. The third-order valence-corrected chi connectivity index (χ3v) is 2.82. The van der Waals surface area contributed by atoms with Crippen LogP contribution in [0.15, 0.2) is 12.1 Å². The second kappa shape index (κ2) is 7.91. The highest BCUT2D eigenvalue weighted by atomic mass is 35.5. The van der Waals surface area contributed by atoms with Gasteiger partial charge in [-0.05, 0) is 47.6 Å². The molecule has 1 aromatic rings. The average molecular weight is 402 g/mol. The van der Waals surface area contributed by atoms with Crippen LogP contribution in [-0.2, 0) is 9.47 Å². The van der Waals surface area contributed by atoms with Gasteiger partial charge < -0.3 is 14.2 Å². The van der Waals surface area contributed by atoms with Gasteiger partial charge in [0.05, 0.1) is 4.92 Å². The van der Waals surface area contributed by atoms with Crippen molar-refractivity contribution in [3.05, 3.63) is 33.4 Å². The van der Waals surface area contributed by atoms with Crippen molar-refractivity contribution in [2.75, 3.05) is 0 Å². The van der Waals surface area contributed by atoms with Crippen LogP contribution in [0.1, 0.15) is 62.3 Å². The zero-order valence-electron chi connectivity index (χ0n) is 15.7. The van der Waals surface area contributed by atoms with Crippen LogP contribution in [0.3, 0.4) is 0 Å². The normalized spacial score (nSPS) is 11.5. The van der Waals surface area contributed by atoms with Crippen LogP contribution in [-0.4, -0.2) is 33.5 Å². The lowest BCUT2D eigenvalue weighted by molar-refractivity contribution is -0.385. The van der Waals surface area contributed by atoms with Crippen LogP contribution in [0, 0.1) is 10.1 Å². The third-order valence-electron chi connectivity index (χ3n) is 2.74. The molecule has 0 amide bonds. The Balaban J connectivity index is 3.75. The lowest BCUT2D eigenvalue weighted by atomic mass is 10.0. The molecule has 0 aliphatic heterocycles. The molecule has 0 N–H and O–H groups in total. The Labute approximate surface area is 160 Å². The molecule has 0 bridgehead atoms. The predicted octanol–water partition coefficient (Wildman–Crippen LogP) is 4.24. The number of esters is 2. The minimum atomic E-state index is -1.30. The number of rotatable bonds is 4. The Kier molecular flexibility index (Phi) is 6.55. The summed E-state index contributed by atoms with van der Waals surface area (Å²) >= 11 is 5.20. The summed E-state index contributed by atoms with van der Waals surface area (Å²) < 4.78 is 15.1. The third kappa shape index (κ3) is 6.52. The fourth-order valence-corrected chi connectivity index (χ4v) is 2.05. The van der Waals surface area contributed by atoms with Crippen molar-refractivity contribution < 1.29 is 33.5 Å². The van der Waals surface area contributed by atoms with Gasteiger partial charge in [-0.15, -0.1) is 0 Å². The minimum absolute atomic E-state index is 0.462. The van der Waals surface area contributed by atoms with Crippen molar-refractivity contribution in [1.82, 2.24) is 0 Å². The molecule has 0 aliphatic carbocycles. The molecule has 0 saturated heterocycles. The number of nitrogens with zero attached hydrogens (tertiary/aromatic N) is 1. The van der Waals surface area contributed by atoms with Crippen molar-refractivity contribution in [2.45, 2.75) is 52.7 Å². The maximum atomic E-state index is 12.6. The molecule has 0 saturated carbocycles. The Bertz CT molecular complexity index is 789. The van der Waals surface area contributed by atoms with Crippen LogP contribution in [0.25, 0.3) is 0 Å². The van der Waals surface area contributed by atoms with Gasteiger partial charge in [0.1, 0.15) is 22.5 Å². The molecule has 0 spiro atoms. The van der Waals surface area contributed by atoms with Gasteiger partial charge in [0.15, 0.2) is 5.56 Å². The van der Waals surface area contributed by atoms with Crippen molar-refractivity contribution in [2.24, 2.45) is 0 Å². The average Bonchev–Trinajstić information content (AvgIpc) is 2.41. The maximum Gasteiger partial charge on any atom is 0.409 e. The summed E-state index contributed by atoms with van der Waals surface area (Å²) in [7, 11) is 0. The Morgan fingerprint density at radius 2 is 1.37 bits per heavy atom. The van der Waals surface area contributed by atoms with Gasteiger partial charge in [0.25, 0.3) is 5.69 Å². The summed E-state index contributed by atoms with van der Waals surface area (Å²) in [4.78, 5) is 46.9. The van der Waals surface area contributed by atoms with Gasteiger partial charge in [-0.1, -0.05) is 0 Å². The second-order valence-corrected chi connectivity index (χ2v) is 7.74. The number of carbonyl (C=O) groups is 3. The van der Waals surface area contributed by atoms with E-state index in [2.05, 4.69) is 0 Å². The topological polar surface area (TPSA) is 122 Å². The fourth-order valence-electron chi connectivity index (χ4n) is 1.96. The number of ether oxygens (including phenoxy) is 3. The van der Waals surface area contributed by atoms with E-state index in [1.807, 2.05) is 0 Å². The molecule has 0 radical (unpaired) electrons. The Morgan fingerprint density at radius 1 is 0.926 bits per heavy atom. The molecule has 10 heteroatoms. The summed E-state index contributed by atoms with van der Waals surface area (Å²) in [6, 6.07) is 1.88. The van der Waals surface area contributed by atoms with E-state index in [0.717, 1.165) is 12.1 Å². The van der Waals surface area contributed by atoms with Gasteiger partial charge >= 0.3 is 17.4 Å². The predicted molar refractivity (Wildman–Crippen MR) is 95.3 cm³/mol. The minimum Gasteiger partial charge on any atom is -0.456 e. The van der Waals surface area contributed by atoms with E-state index in [0.29, 0.717) is 0 Å². The first kappa shape index (κ1) is 22.4. The van der Waals surface area contributed by atoms with Gasteiger partial charge in [0.2, 0.25) is 0 Å². The van der Waals surface area contributed by atoms with E-state index in [-0.39, 0.29) is 0 Å². The fraction of sp³-hybridized carbons (Fsp3) is 0.471. The van der Waals surface area contributed by atoms with Crippen LogP contribution in [0.2, 0.25) is 0 Å². The number of benzene rings is 1. The molecule has 1 rings (SSSR count). The molecule has 1 aromatic carbocycles. The molecule has 9 nitrogen and oxygen atoms in total. The zero-order valence-corrected chi connectivity index (χ0v) is 16.5. The highest BCUT2D eigenvalue weighted by Crippen LogP contribution is 2.34. The highest BCUT2D eigenvalue weighted by molar-refractivity contribution is 6.61. The number of nitro benzene ring substituents is 1. The monoisotopic (exact) mass is 401 g/mol. The molecular weight excluding hydrogens is 382 g/mol. The van der Waals surface area contributed by atoms with Crippen LogP contribution < -0.4 is 4.74 Å². The molecule has 0 unspecified atom stereocenters. The smallest absolute Gasteiger partial charge is 0.409 e. The standard InChI is InChI=1S/C17H20ClNO8/c1-16(2,3)26-13(20)11-9(19(23)24)7-8-10(25-15(18)22)12(11)14(21)27-17(4,5)6/h7-8H,1-6H3. The number of hydrogen-bond acceptors (Lipinski definition) is 8. The van der Waals surface area contributed by atoms with Crippen LogP contribution >= 0.6 is 11.6 Å². The SMILES string of the molecule is CC(C)(C)OC(=O)c1c(OC(=O)Cl)ccc([N+](=O)[O-])c1C(=O)OC(C)(C)C. The zero-order chi connectivity index (χ0) is 21.2. The van der Waals surface area contributed by atoms with Gasteiger partial charge in [-0.25, -0.2) is 14.4 Å². The van der Waals surface area contributed by atoms with E-state index in [4.69, 9.17) is 25.8 Å². The summed E-state index contributed by atoms with van der Waals surface area (Å²) in [5, 5.41) is 11.4. The number of carbonyl (C=O) groups excluding carboxylic acids is 3. The molecule has 0 aliphatic rings. The molecule has 0 fully saturated rings. The molecular formula is C17H20ClNO8. The maximum absolute atomic E-state index is 12.6. The van der Waals surface area contributed by atoms with Crippen molar-refractivity contribution in [1.29, 1.82) is 0 Å². The Morgan fingerprint density at radius 3 is 1.74 bits per heavy atom. The number of hydrogen-bond donors (Lipinski definition) is 0. The Hall–Kier alpha value is -2.68. The lowest BCUT2D eigenvalue weighted by Gasteiger charge is -2.23. The first-order chi connectivity index (χ1) is 12.1. The van der Waals surface area contributed by atoms with E-state index in [9.17, 15) is 24.5 Å². The highest BCUT2D eigenvalue weighted by Gasteiger charge is 2.36. The number of nitro groups is 1. The second-order valence-electron chi connectivity index (χ2n) is 7.43. The quantitative estimate of drug-likeness (QED) is 0.317. The number of halogens is 1. The first-order valence-electron chi connectivity index (χ1n) is 7.78. The summed E-state index contributed by atoms with van der Waals surface area (Å²) in [6.45, 7) is 9.32. The van der Waals surface area contributed by atoms with E-state index in [1.54, 1.807) is 41.5 Å². The van der Waals surface area contributed by atoms with Gasteiger partial charge in [-0.3, -0.25) is 10.1 Å². The molecule has 0 aromatic heterocycles. The van der Waals surface area contributed by atoms with E-state index < -0.39 is 56.1 Å². The summed E-state index contributed by atoms with van der Waals surface area (Å²) in [6.07, 6.45) is 0. The van der Waals surface area contributed by atoms with Crippen LogP contribution in [0.4, 0.5) is 10.5 Å². The molecule has 148 valence electrons. The molecule has 27 heavy (non-hydrogen) atoms. The van der Waals surface area contributed by atoms with Crippen molar-refractivity contribution >= 4 is 34.7 Å². The van der Waals surface area contributed by atoms with Crippen LogP contribution in [0.5, 0.6) is 5.75 Å². The van der Waals surface area contributed by atoms with E-state index >= 15 is 0 Å².